The number of alkyl halides is 20. The van der Waals surface area contributed by atoms with Crippen LogP contribution in [0.4, 0.5) is 105 Å². The molecule has 0 aromatic heterocycles. The Morgan fingerprint density at radius 1 is 0.516 bits per heavy atom. The highest BCUT2D eigenvalue weighted by Gasteiger charge is 2.89. The van der Waals surface area contributed by atoms with Crippen LogP contribution in [0, 0.1) is 23.3 Å². The second kappa shape index (κ2) is 27.8. The monoisotopic (exact) mass is 1400 g/mol. The van der Waals surface area contributed by atoms with Crippen molar-refractivity contribution in [2.45, 2.75) is 137 Å². The second-order valence-corrected chi connectivity index (χ2v) is 21.5. The van der Waals surface area contributed by atoms with Crippen LogP contribution in [0.2, 0.25) is 0 Å². The Morgan fingerprint density at radius 3 is 1.19 bits per heavy atom. The molecule has 1 aliphatic heterocycles. The van der Waals surface area contributed by atoms with Crippen molar-refractivity contribution in [1.29, 1.82) is 0 Å². The number of nitrogens with one attached hydrogen (secondary N) is 2. The lowest BCUT2D eigenvalue weighted by Gasteiger charge is -2.41. The molecule has 520 valence electrons. The lowest BCUT2D eigenvalue weighted by atomic mass is 9.77. The molecule has 5 N–H and O–H groups in total. The summed E-state index contributed by atoms with van der Waals surface area (Å²) in [6, 6.07) is 17.5. The highest BCUT2D eigenvalue weighted by atomic mass is 19.4. The first-order valence-corrected chi connectivity index (χ1v) is 27.0. The molecule has 4 atom stereocenters. The van der Waals surface area contributed by atoms with Crippen molar-refractivity contribution < 1.29 is 144 Å². The number of halogens is 24. The highest BCUT2D eigenvalue weighted by Crippen LogP contribution is 2.59. The first kappa shape index (κ1) is 75.7. The number of carbonyl (C=O) groups excluding carboxylic acids is 2. The molecule has 1 heterocycles. The van der Waals surface area contributed by atoms with Crippen molar-refractivity contribution in [3.8, 4) is 23.0 Å². The number of nitrogens with two attached hydrogens (primary N) is 1. The van der Waals surface area contributed by atoms with Crippen molar-refractivity contribution in [1.82, 2.24) is 10.6 Å². The largest absolute Gasteiger partial charge is 0.488 e. The van der Waals surface area contributed by atoms with Gasteiger partial charge >= 0.3 is 49.8 Å². The van der Waals surface area contributed by atoms with Crippen LogP contribution < -0.4 is 35.3 Å². The zero-order valence-corrected chi connectivity index (χ0v) is 48.5. The first-order valence-electron chi connectivity index (χ1n) is 27.0. The molecule has 0 radical (unpaired) electrons. The quantitative estimate of drug-likeness (QED) is 0.0363. The van der Waals surface area contributed by atoms with Crippen LogP contribution in [0.5, 0.6) is 23.0 Å². The van der Waals surface area contributed by atoms with Crippen LogP contribution in [0.1, 0.15) is 61.1 Å². The van der Waals surface area contributed by atoms with Gasteiger partial charge in [0.25, 0.3) is 17.1 Å². The van der Waals surface area contributed by atoms with E-state index in [2.05, 4.69) is 14.2 Å². The van der Waals surface area contributed by atoms with E-state index < -0.39 is 184 Å². The zero-order chi connectivity index (χ0) is 71.6. The van der Waals surface area contributed by atoms with Gasteiger partial charge in [-0.25, -0.2) is 17.6 Å². The van der Waals surface area contributed by atoms with Gasteiger partial charge in [-0.2, -0.15) is 87.8 Å². The SMILES string of the molecule is CC(C)Oc1cc([C@@](Cc2ccccc2)(NC(=O)[C@@H](N)C(O)(C(F)(F)F)C(F)(F)F)c2cc(F)cc(OC(F)(F)C(F)F)c2)ccc1F.CC(C)Oc1cc([C@@](Cc2ccccc2)(NC(=O)[C@H]2OC2(C(F)(F)F)C(F)(F)F)c2cc(F)cc(OC(F)(F)C(F)F)c2)ccc1F. The number of amides is 2. The van der Waals surface area contributed by atoms with E-state index in [1.165, 1.54) is 88.4 Å². The van der Waals surface area contributed by atoms with E-state index in [1.807, 2.05) is 10.6 Å². The summed E-state index contributed by atoms with van der Waals surface area (Å²) in [5.41, 5.74) is -13.0. The minimum absolute atomic E-state index is 0.0913. The lowest BCUT2D eigenvalue weighted by Crippen LogP contribution is -2.72. The van der Waals surface area contributed by atoms with Gasteiger partial charge in [-0.05, 0) is 110 Å². The average molecular weight is 1400 g/mol. The van der Waals surface area contributed by atoms with Crippen molar-refractivity contribution in [2.75, 3.05) is 0 Å². The number of benzene rings is 6. The summed E-state index contributed by atoms with van der Waals surface area (Å²) in [7, 11) is 0. The highest BCUT2D eigenvalue weighted by molar-refractivity contribution is 5.87. The molecule has 0 bridgehead atoms. The molecule has 0 aliphatic carbocycles. The molecule has 1 fully saturated rings. The van der Waals surface area contributed by atoms with Crippen LogP contribution in [-0.4, -0.2) is 102 Å². The predicted octanol–water partition coefficient (Wildman–Crippen LogP) is 14.6. The van der Waals surface area contributed by atoms with E-state index in [4.69, 9.17) is 15.2 Å². The van der Waals surface area contributed by atoms with E-state index in [-0.39, 0.29) is 28.8 Å². The van der Waals surface area contributed by atoms with Crippen molar-refractivity contribution in [2.24, 2.45) is 5.73 Å². The van der Waals surface area contributed by atoms with Crippen LogP contribution in [0.15, 0.2) is 133 Å². The van der Waals surface area contributed by atoms with E-state index in [1.54, 1.807) is 0 Å². The number of hydrogen-bond acceptors (Lipinski definition) is 9. The summed E-state index contributed by atoms with van der Waals surface area (Å²) in [6.07, 6.45) is -50.9. The summed E-state index contributed by atoms with van der Waals surface area (Å²) in [6.45, 7) is 5.84. The number of ether oxygens (including phenoxy) is 5. The summed E-state index contributed by atoms with van der Waals surface area (Å²) in [5, 5.41) is 13.7. The van der Waals surface area contributed by atoms with Gasteiger partial charge in [0.15, 0.2) is 29.2 Å². The topological polar surface area (TPSA) is 154 Å². The number of aliphatic hydroxyl groups is 1. The Morgan fingerprint density at radius 2 is 0.874 bits per heavy atom. The molecule has 2 amide bonds. The average Bonchev–Trinajstić information content (AvgIpc) is 1.54. The van der Waals surface area contributed by atoms with Gasteiger partial charge in [-0.15, -0.1) is 0 Å². The summed E-state index contributed by atoms with van der Waals surface area (Å²) in [5.74, 6) is -13.2. The Kier molecular flexibility index (Phi) is 22.1. The van der Waals surface area contributed by atoms with Crippen molar-refractivity contribution in [3.05, 3.63) is 190 Å². The molecular formula is C60H49F24N3O8. The first-order chi connectivity index (χ1) is 43.6. The molecule has 1 aliphatic rings. The molecule has 6 aromatic carbocycles. The van der Waals surface area contributed by atoms with E-state index in [0.717, 1.165) is 30.3 Å². The van der Waals surface area contributed by atoms with Crippen LogP contribution in [0.25, 0.3) is 0 Å². The molecule has 7 rings (SSSR count). The van der Waals surface area contributed by atoms with E-state index >= 15 is 8.78 Å². The molecule has 0 unspecified atom stereocenters. The standard InChI is InChI=1S/C30H26F12N2O4.C30H23F12NO4/c1-15(2)47-22-12-17(8-9-21(22)32)26(14-16-6-4-3-5-7-16,18-10-19(31)13-20(11-18)48-28(35,36)25(33)34)44-24(45)23(43)27(46,29(37,38)39)30(40,41)42;1-15(2)45-22-12-17(8-9-21(22)32)26(14-16-6-4-3-5-7-16,18-10-19(31)13-20(11-18)46-28(35,36)25(33)34)43-24(44)23-27(47-23,29(37,38)39)30(40,41)42/h3-13,15,23,25,46H,14,43H2,1-2H3,(H,44,45);3-13,15,23,25H,14H2,1-2H3,(H,43,44)/t2*23-,26-/m11/s1. The third-order valence-corrected chi connectivity index (χ3v) is 13.9. The van der Waals surface area contributed by atoms with Crippen molar-refractivity contribution >= 4 is 11.8 Å². The predicted molar refractivity (Wildman–Crippen MR) is 283 cm³/mol. The number of carbonyl (C=O) groups is 2. The maximum atomic E-state index is 15.0. The fraction of sp³-hybridized carbons (Fsp3) is 0.367. The molecule has 0 saturated carbocycles. The van der Waals surface area contributed by atoms with E-state index in [0.29, 0.717) is 30.3 Å². The fourth-order valence-corrected chi connectivity index (χ4v) is 9.54. The van der Waals surface area contributed by atoms with Crippen molar-refractivity contribution in [3.63, 3.8) is 0 Å². The van der Waals surface area contributed by atoms with Crippen LogP contribution in [0.3, 0.4) is 0 Å². The third-order valence-electron chi connectivity index (χ3n) is 13.9. The van der Waals surface area contributed by atoms with Crippen LogP contribution >= 0.6 is 0 Å². The van der Waals surface area contributed by atoms with E-state index in [9.17, 15) is 111 Å². The molecule has 95 heavy (non-hydrogen) atoms. The number of rotatable bonds is 23. The number of epoxide rings is 1. The smallest absolute Gasteiger partial charge is 0.461 e. The molecule has 35 heteroatoms. The Balaban J connectivity index is 0.000000301. The molecule has 6 aromatic rings. The third kappa shape index (κ3) is 16.5. The number of hydrogen-bond donors (Lipinski definition) is 4. The molecular weight excluding hydrogens is 1350 g/mol. The second-order valence-electron chi connectivity index (χ2n) is 21.5. The van der Waals surface area contributed by atoms with Gasteiger partial charge in [-0.3, -0.25) is 9.59 Å². The van der Waals surface area contributed by atoms with Gasteiger partial charge in [0, 0.05) is 25.0 Å². The minimum atomic E-state index is -6.60. The molecule has 1 saturated heterocycles. The zero-order valence-electron chi connectivity index (χ0n) is 48.5. The summed E-state index contributed by atoms with van der Waals surface area (Å²) < 4.78 is 354. The van der Waals surface area contributed by atoms with Crippen LogP contribution in [-0.2, 0) is 38.2 Å². The Labute approximate surface area is 521 Å². The lowest BCUT2D eigenvalue weighted by molar-refractivity contribution is -0.371. The Hall–Kier alpha value is -8.34. The minimum Gasteiger partial charge on any atom is -0.488 e. The summed E-state index contributed by atoms with van der Waals surface area (Å²) >= 11 is 0. The maximum Gasteiger partial charge on any atom is 0.461 e. The fourth-order valence-electron chi connectivity index (χ4n) is 9.54. The normalized spacial score (nSPS) is 16.3. The Bertz CT molecular complexity index is 3620. The molecule has 11 nitrogen and oxygen atoms in total. The van der Waals surface area contributed by atoms with Gasteiger partial charge in [-0.1, -0.05) is 72.8 Å². The van der Waals surface area contributed by atoms with Gasteiger partial charge in [0.2, 0.25) is 5.91 Å². The molecule has 0 spiro atoms. The van der Waals surface area contributed by atoms with Gasteiger partial charge in [0.05, 0.1) is 23.3 Å². The maximum absolute atomic E-state index is 15.0. The van der Waals surface area contributed by atoms with Gasteiger partial charge in [0.1, 0.15) is 29.2 Å². The summed E-state index contributed by atoms with van der Waals surface area (Å²) in [4.78, 5) is 26.8. The van der Waals surface area contributed by atoms with Gasteiger partial charge < -0.3 is 45.2 Å².